The van der Waals surface area contributed by atoms with Crippen molar-refractivity contribution in [2.75, 3.05) is 26.2 Å². The SMILES string of the molecule is CCCCCCCCCCCCCCCC[N+]1(CCCC)C[C@@H]2CCCC[C@H]2C1. The highest BCUT2D eigenvalue weighted by molar-refractivity contribution is 4.81. The van der Waals surface area contributed by atoms with Crippen LogP contribution in [0.15, 0.2) is 0 Å². The minimum Gasteiger partial charge on any atom is -0.323 e. The molecule has 1 heteroatoms. The Morgan fingerprint density at radius 1 is 0.483 bits per heavy atom. The van der Waals surface area contributed by atoms with Gasteiger partial charge in [-0.2, -0.15) is 0 Å². The molecule has 2 rings (SSSR count). The average Bonchev–Trinajstić information content (AvgIpc) is 3.11. The van der Waals surface area contributed by atoms with Crippen LogP contribution in [0, 0.1) is 11.8 Å². The second-order valence-electron chi connectivity index (χ2n) is 10.9. The quantitative estimate of drug-likeness (QED) is 0.157. The van der Waals surface area contributed by atoms with Gasteiger partial charge in [0.05, 0.1) is 26.2 Å². The lowest BCUT2D eigenvalue weighted by atomic mass is 9.82. The summed E-state index contributed by atoms with van der Waals surface area (Å²) < 4.78 is 1.52. The van der Waals surface area contributed by atoms with Crippen molar-refractivity contribution in [3.05, 3.63) is 0 Å². The fourth-order valence-electron chi connectivity index (χ4n) is 6.45. The Bertz CT molecular complexity index is 363. The number of rotatable bonds is 18. The summed E-state index contributed by atoms with van der Waals surface area (Å²) in [7, 11) is 0. The molecule has 0 aromatic rings. The molecule has 0 aromatic heterocycles. The minimum atomic E-state index is 1.09. The zero-order valence-corrected chi connectivity index (χ0v) is 20.6. The molecule has 1 aliphatic carbocycles. The highest BCUT2D eigenvalue weighted by Crippen LogP contribution is 2.40. The van der Waals surface area contributed by atoms with Crippen LogP contribution in [0.25, 0.3) is 0 Å². The van der Waals surface area contributed by atoms with Crippen molar-refractivity contribution in [1.29, 1.82) is 0 Å². The molecule has 1 nitrogen and oxygen atoms in total. The molecule has 1 saturated carbocycles. The van der Waals surface area contributed by atoms with Crippen molar-refractivity contribution in [3.63, 3.8) is 0 Å². The number of unbranched alkanes of at least 4 members (excludes halogenated alkanes) is 14. The van der Waals surface area contributed by atoms with Crippen LogP contribution in [0.4, 0.5) is 0 Å². The molecule has 2 atom stereocenters. The van der Waals surface area contributed by atoms with Crippen molar-refractivity contribution >= 4 is 0 Å². The normalized spacial score (nSPS) is 23.4. The predicted octanol–water partition coefficient (Wildman–Crippen LogP) is 8.90. The number of hydrogen-bond donors (Lipinski definition) is 0. The van der Waals surface area contributed by atoms with E-state index in [4.69, 9.17) is 0 Å². The molecule has 29 heavy (non-hydrogen) atoms. The number of quaternary nitrogens is 1. The Kier molecular flexibility index (Phi) is 13.7. The molecule has 2 aliphatic rings. The molecule has 0 spiro atoms. The summed E-state index contributed by atoms with van der Waals surface area (Å²) in [4.78, 5) is 0. The van der Waals surface area contributed by atoms with Crippen LogP contribution in [0.1, 0.15) is 142 Å². The monoisotopic (exact) mass is 406 g/mol. The van der Waals surface area contributed by atoms with E-state index in [0.717, 1.165) is 11.8 Å². The predicted molar refractivity (Wildman–Crippen MR) is 130 cm³/mol. The molecular formula is C28H56N+. The van der Waals surface area contributed by atoms with E-state index in [1.54, 1.807) is 25.9 Å². The number of hydrogen-bond acceptors (Lipinski definition) is 0. The van der Waals surface area contributed by atoms with E-state index in [2.05, 4.69) is 13.8 Å². The van der Waals surface area contributed by atoms with Gasteiger partial charge in [0.15, 0.2) is 0 Å². The van der Waals surface area contributed by atoms with Crippen LogP contribution >= 0.6 is 0 Å². The third-order valence-corrected chi connectivity index (χ3v) is 8.28. The highest BCUT2D eigenvalue weighted by atomic mass is 15.4. The zero-order chi connectivity index (χ0) is 20.6. The minimum absolute atomic E-state index is 1.09. The van der Waals surface area contributed by atoms with Gasteiger partial charge in [-0.1, -0.05) is 110 Å². The number of nitrogens with zero attached hydrogens (tertiary/aromatic N) is 1. The summed E-state index contributed by atoms with van der Waals surface area (Å²) in [5.74, 6) is 2.18. The molecular weight excluding hydrogens is 350 g/mol. The highest BCUT2D eigenvalue weighted by Gasteiger charge is 2.44. The van der Waals surface area contributed by atoms with Gasteiger partial charge in [-0.3, -0.25) is 0 Å². The van der Waals surface area contributed by atoms with E-state index in [1.165, 1.54) is 133 Å². The van der Waals surface area contributed by atoms with Gasteiger partial charge >= 0.3 is 0 Å². The third-order valence-electron chi connectivity index (χ3n) is 8.28. The Morgan fingerprint density at radius 3 is 1.31 bits per heavy atom. The van der Waals surface area contributed by atoms with Gasteiger partial charge in [0.2, 0.25) is 0 Å². The van der Waals surface area contributed by atoms with Gasteiger partial charge in [0.25, 0.3) is 0 Å². The number of fused-ring (bicyclic) bond motifs is 1. The maximum atomic E-state index is 2.38. The number of likely N-dealkylation sites (tertiary alicyclic amines) is 1. The summed E-state index contributed by atoms with van der Waals surface area (Å²) in [6, 6.07) is 0. The van der Waals surface area contributed by atoms with E-state index in [-0.39, 0.29) is 0 Å². The van der Waals surface area contributed by atoms with Gasteiger partial charge in [0.1, 0.15) is 0 Å². The van der Waals surface area contributed by atoms with Crippen molar-refractivity contribution in [1.82, 2.24) is 0 Å². The van der Waals surface area contributed by atoms with Crippen LogP contribution in [0.3, 0.4) is 0 Å². The average molecular weight is 407 g/mol. The lowest BCUT2D eigenvalue weighted by Crippen LogP contribution is -2.47. The fourth-order valence-corrected chi connectivity index (χ4v) is 6.45. The lowest BCUT2D eigenvalue weighted by Gasteiger charge is -2.35. The van der Waals surface area contributed by atoms with E-state index in [1.807, 2.05) is 0 Å². The van der Waals surface area contributed by atoms with E-state index >= 15 is 0 Å². The van der Waals surface area contributed by atoms with Gasteiger partial charge < -0.3 is 4.48 Å². The second-order valence-corrected chi connectivity index (χ2v) is 10.9. The van der Waals surface area contributed by atoms with E-state index in [9.17, 15) is 0 Å². The third kappa shape index (κ3) is 10.2. The lowest BCUT2D eigenvalue weighted by molar-refractivity contribution is -0.919. The second kappa shape index (κ2) is 15.7. The van der Waals surface area contributed by atoms with Gasteiger partial charge in [-0.15, -0.1) is 0 Å². The molecule has 172 valence electrons. The van der Waals surface area contributed by atoms with E-state index < -0.39 is 0 Å². The zero-order valence-electron chi connectivity index (χ0n) is 20.6. The fraction of sp³-hybridized carbons (Fsp3) is 1.00. The molecule has 0 aromatic carbocycles. The smallest absolute Gasteiger partial charge is 0.0820 e. The first-order valence-corrected chi connectivity index (χ1v) is 14.1. The maximum absolute atomic E-state index is 2.38. The van der Waals surface area contributed by atoms with Crippen LogP contribution in [-0.4, -0.2) is 30.7 Å². The Balaban J connectivity index is 1.46. The Labute approximate surface area is 185 Å². The Morgan fingerprint density at radius 2 is 0.862 bits per heavy atom. The topological polar surface area (TPSA) is 0 Å². The maximum Gasteiger partial charge on any atom is 0.0820 e. The molecule has 1 heterocycles. The first-order valence-electron chi connectivity index (χ1n) is 14.1. The van der Waals surface area contributed by atoms with Crippen LogP contribution in [0.5, 0.6) is 0 Å². The van der Waals surface area contributed by atoms with Crippen molar-refractivity contribution in [2.45, 2.75) is 142 Å². The van der Waals surface area contributed by atoms with Crippen LogP contribution in [-0.2, 0) is 0 Å². The van der Waals surface area contributed by atoms with Gasteiger partial charge in [0, 0.05) is 11.8 Å². The van der Waals surface area contributed by atoms with E-state index in [0.29, 0.717) is 0 Å². The summed E-state index contributed by atoms with van der Waals surface area (Å²) in [6.45, 7) is 10.8. The molecule has 1 aliphatic heterocycles. The Hall–Kier alpha value is -0.0400. The summed E-state index contributed by atoms with van der Waals surface area (Å²) in [5, 5.41) is 0. The molecule has 1 saturated heterocycles. The molecule has 0 amide bonds. The van der Waals surface area contributed by atoms with Crippen LogP contribution < -0.4 is 0 Å². The first kappa shape index (κ1) is 25.2. The van der Waals surface area contributed by atoms with Gasteiger partial charge in [-0.25, -0.2) is 0 Å². The summed E-state index contributed by atoms with van der Waals surface area (Å²) in [5.41, 5.74) is 0. The van der Waals surface area contributed by atoms with Crippen LogP contribution in [0.2, 0.25) is 0 Å². The van der Waals surface area contributed by atoms with Crippen molar-refractivity contribution in [2.24, 2.45) is 11.8 Å². The van der Waals surface area contributed by atoms with Crippen molar-refractivity contribution in [3.8, 4) is 0 Å². The summed E-state index contributed by atoms with van der Waals surface area (Å²) >= 11 is 0. The van der Waals surface area contributed by atoms with Gasteiger partial charge in [-0.05, 0) is 32.1 Å². The standard InChI is InChI=1S/C28H56N/c1-3-5-7-8-9-10-11-12-13-14-15-16-17-20-24-29(23-6-4-2)25-27-21-18-19-22-28(27)26-29/h27-28H,3-26H2,1-2H3/q+1/t27-,28-/m0/s1. The molecule has 0 unspecified atom stereocenters. The molecule has 2 fully saturated rings. The van der Waals surface area contributed by atoms with Crippen molar-refractivity contribution < 1.29 is 4.48 Å². The summed E-state index contributed by atoms with van der Waals surface area (Å²) in [6.07, 6.45) is 29.7. The molecule has 0 N–H and O–H groups in total. The largest absolute Gasteiger partial charge is 0.323 e. The molecule has 0 radical (unpaired) electrons. The first-order chi connectivity index (χ1) is 14.3. The molecule has 0 bridgehead atoms.